The molecule has 0 N–H and O–H groups in total. The number of halogens is 3. The average Bonchev–Trinajstić information content (AvgIpc) is 2.64. The van der Waals surface area contributed by atoms with Gasteiger partial charge in [0, 0.05) is 0 Å². The largest absolute Gasteiger partial charge is 0.494 e. The fourth-order valence-electron chi connectivity index (χ4n) is 2.66. The van der Waals surface area contributed by atoms with Crippen molar-refractivity contribution in [3.8, 4) is 0 Å². The summed E-state index contributed by atoms with van der Waals surface area (Å²) >= 11 is 6.19. The highest BCUT2D eigenvalue weighted by atomic mass is 35.5. The average molecular weight is 358 g/mol. The van der Waals surface area contributed by atoms with Gasteiger partial charge in [0.2, 0.25) is 0 Å². The Balaban J connectivity index is 1.78. The van der Waals surface area contributed by atoms with Crippen LogP contribution in [-0.4, -0.2) is 48.1 Å². The highest BCUT2D eigenvalue weighted by Crippen LogP contribution is 2.37. The molecule has 2 aliphatic heterocycles. The summed E-state index contributed by atoms with van der Waals surface area (Å²) in [6, 6.07) is 4.80. The molecule has 0 radical (unpaired) electrons. The van der Waals surface area contributed by atoms with Crippen LogP contribution in [0.2, 0.25) is 5.02 Å². The van der Waals surface area contributed by atoms with Gasteiger partial charge in [0.25, 0.3) is 11.8 Å². The van der Waals surface area contributed by atoms with Gasteiger partial charge < -0.3 is 14.2 Å². The number of hydrogen-bond acceptors (Lipinski definition) is 3. The number of amides is 1. The third kappa shape index (κ3) is 2.93. The lowest BCUT2D eigenvalue weighted by Gasteiger charge is -2.38. The molecule has 0 unspecified atom stereocenters. The molecule has 1 aromatic carbocycles. The van der Waals surface area contributed by atoms with E-state index >= 15 is 0 Å². The highest BCUT2D eigenvalue weighted by Gasteiger charge is 2.52. The molecule has 0 bridgehead atoms. The van der Waals surface area contributed by atoms with Crippen LogP contribution in [0.5, 0.6) is 0 Å². The van der Waals surface area contributed by atoms with Gasteiger partial charge in [0.15, 0.2) is 0 Å². The SMILES string of the molecule is CC1(C)OB(c2ccc(C(=O)N3CC(F)(F)C3)c(Cl)c2)OC1(C)C. The summed E-state index contributed by atoms with van der Waals surface area (Å²) in [5.41, 5.74) is -0.0828. The lowest BCUT2D eigenvalue weighted by Crippen LogP contribution is -2.58. The lowest BCUT2D eigenvalue weighted by atomic mass is 9.79. The first-order chi connectivity index (χ1) is 10.9. The first kappa shape index (κ1) is 17.6. The van der Waals surface area contributed by atoms with E-state index < -0.39 is 43.2 Å². The maximum Gasteiger partial charge on any atom is 0.494 e. The fraction of sp³-hybridized carbons (Fsp3) is 0.562. The number of carbonyl (C=O) groups excluding carboxylic acids is 1. The Morgan fingerprint density at radius 1 is 1.17 bits per heavy atom. The van der Waals surface area contributed by atoms with Crippen molar-refractivity contribution in [3.05, 3.63) is 28.8 Å². The van der Waals surface area contributed by atoms with E-state index in [1.165, 1.54) is 6.07 Å². The van der Waals surface area contributed by atoms with Gasteiger partial charge in [-0.25, -0.2) is 8.78 Å². The molecule has 2 aliphatic rings. The Hall–Kier alpha value is -1.18. The summed E-state index contributed by atoms with van der Waals surface area (Å²) in [5.74, 6) is -3.29. The predicted molar refractivity (Wildman–Crippen MR) is 88.0 cm³/mol. The van der Waals surface area contributed by atoms with Gasteiger partial charge in [-0.2, -0.15) is 0 Å². The Morgan fingerprint density at radius 3 is 2.17 bits per heavy atom. The van der Waals surface area contributed by atoms with Crippen molar-refractivity contribution in [1.82, 2.24) is 4.90 Å². The fourth-order valence-corrected chi connectivity index (χ4v) is 2.93. The number of alkyl halides is 2. The number of benzene rings is 1. The molecular formula is C16H19BClF2NO3. The number of nitrogens with zero attached hydrogens (tertiary/aromatic N) is 1. The number of rotatable bonds is 2. The van der Waals surface area contributed by atoms with Crippen LogP contribution in [0.1, 0.15) is 38.1 Å². The van der Waals surface area contributed by atoms with Crippen LogP contribution in [0.3, 0.4) is 0 Å². The Labute approximate surface area is 145 Å². The summed E-state index contributed by atoms with van der Waals surface area (Å²) in [6.45, 7) is 6.63. The standard InChI is InChI=1S/C16H19BClF2NO3/c1-14(2)15(3,4)24-17(23-14)10-5-6-11(12(18)7-10)13(22)21-8-16(19,20)9-21/h5-7H,8-9H2,1-4H3. The molecular weight excluding hydrogens is 338 g/mol. The third-order valence-corrected chi connectivity index (χ3v) is 5.19. The quantitative estimate of drug-likeness (QED) is 0.764. The van der Waals surface area contributed by atoms with Crippen LogP contribution in [0.4, 0.5) is 8.78 Å². The molecule has 0 atom stereocenters. The van der Waals surface area contributed by atoms with Crippen LogP contribution in [0.25, 0.3) is 0 Å². The highest BCUT2D eigenvalue weighted by molar-refractivity contribution is 6.62. The van der Waals surface area contributed by atoms with E-state index in [2.05, 4.69) is 0 Å². The predicted octanol–water partition coefficient (Wildman–Crippen LogP) is 2.73. The molecule has 130 valence electrons. The molecule has 2 saturated heterocycles. The summed E-state index contributed by atoms with van der Waals surface area (Å²) in [7, 11) is -0.593. The zero-order valence-corrected chi connectivity index (χ0v) is 14.8. The van der Waals surface area contributed by atoms with Crippen molar-refractivity contribution in [2.24, 2.45) is 0 Å². The van der Waals surface area contributed by atoms with Gasteiger partial charge in [-0.05, 0) is 45.3 Å². The molecule has 0 aromatic heterocycles. The van der Waals surface area contributed by atoms with E-state index in [4.69, 9.17) is 20.9 Å². The summed E-state index contributed by atoms with van der Waals surface area (Å²) in [6.07, 6.45) is 0. The topological polar surface area (TPSA) is 38.8 Å². The van der Waals surface area contributed by atoms with Crippen LogP contribution in [-0.2, 0) is 9.31 Å². The Kier molecular flexibility index (Phi) is 3.98. The molecule has 0 spiro atoms. The van der Waals surface area contributed by atoms with Gasteiger partial charge in [-0.1, -0.05) is 17.7 Å². The monoisotopic (exact) mass is 357 g/mol. The second-order valence-corrected chi connectivity index (χ2v) is 7.75. The Morgan fingerprint density at radius 2 is 1.71 bits per heavy atom. The van der Waals surface area contributed by atoms with Gasteiger partial charge >= 0.3 is 7.12 Å². The molecule has 1 amide bonds. The van der Waals surface area contributed by atoms with E-state index in [1.807, 2.05) is 27.7 Å². The zero-order chi connectivity index (χ0) is 17.9. The summed E-state index contributed by atoms with van der Waals surface area (Å²) in [5, 5.41) is 0.197. The molecule has 0 saturated carbocycles. The molecule has 3 rings (SSSR count). The van der Waals surface area contributed by atoms with Crippen molar-refractivity contribution in [3.63, 3.8) is 0 Å². The van der Waals surface area contributed by atoms with E-state index in [9.17, 15) is 13.6 Å². The first-order valence-corrected chi connectivity index (χ1v) is 8.12. The zero-order valence-electron chi connectivity index (χ0n) is 14.0. The van der Waals surface area contributed by atoms with Gasteiger partial charge in [-0.3, -0.25) is 4.79 Å². The second-order valence-electron chi connectivity index (χ2n) is 7.34. The molecule has 4 nitrogen and oxygen atoms in total. The van der Waals surface area contributed by atoms with Crippen LogP contribution in [0, 0.1) is 0 Å². The Bertz CT molecular complexity index is 672. The lowest BCUT2D eigenvalue weighted by molar-refractivity contribution is -0.113. The third-order valence-electron chi connectivity index (χ3n) is 4.88. The van der Waals surface area contributed by atoms with Crippen molar-refractivity contribution in [2.45, 2.75) is 44.8 Å². The normalized spacial score (nSPS) is 24.0. The van der Waals surface area contributed by atoms with Gasteiger partial charge in [0.05, 0.1) is 34.9 Å². The molecule has 1 aromatic rings. The smallest absolute Gasteiger partial charge is 0.399 e. The number of hydrogen-bond donors (Lipinski definition) is 0. The minimum atomic E-state index is -2.80. The van der Waals surface area contributed by atoms with Crippen molar-refractivity contribution < 1.29 is 22.9 Å². The van der Waals surface area contributed by atoms with E-state index in [0.29, 0.717) is 5.46 Å². The number of likely N-dealkylation sites (tertiary alicyclic amines) is 1. The summed E-state index contributed by atoms with van der Waals surface area (Å²) in [4.78, 5) is 13.3. The second kappa shape index (κ2) is 5.41. The van der Waals surface area contributed by atoms with E-state index in [0.717, 1.165) is 4.90 Å². The van der Waals surface area contributed by atoms with Gasteiger partial charge in [-0.15, -0.1) is 0 Å². The molecule has 8 heteroatoms. The maximum absolute atomic E-state index is 12.9. The summed E-state index contributed by atoms with van der Waals surface area (Å²) < 4.78 is 37.7. The van der Waals surface area contributed by atoms with Gasteiger partial charge in [0.1, 0.15) is 0 Å². The first-order valence-electron chi connectivity index (χ1n) is 7.74. The van der Waals surface area contributed by atoms with Crippen molar-refractivity contribution in [2.75, 3.05) is 13.1 Å². The molecule has 24 heavy (non-hydrogen) atoms. The van der Waals surface area contributed by atoms with E-state index in [1.54, 1.807) is 12.1 Å². The van der Waals surface area contributed by atoms with Crippen molar-refractivity contribution >= 4 is 30.1 Å². The van der Waals surface area contributed by atoms with Crippen LogP contribution in [0.15, 0.2) is 18.2 Å². The maximum atomic E-state index is 12.9. The van der Waals surface area contributed by atoms with E-state index in [-0.39, 0.29) is 10.6 Å². The minimum Gasteiger partial charge on any atom is -0.399 e. The van der Waals surface area contributed by atoms with Crippen molar-refractivity contribution in [1.29, 1.82) is 0 Å². The molecule has 0 aliphatic carbocycles. The molecule has 2 heterocycles. The molecule has 2 fully saturated rings. The minimum absolute atomic E-state index is 0.197. The van der Waals surface area contributed by atoms with Crippen LogP contribution < -0.4 is 5.46 Å². The number of carbonyl (C=O) groups is 1. The van der Waals surface area contributed by atoms with Crippen LogP contribution >= 0.6 is 11.6 Å².